The Balaban J connectivity index is 2.24. The number of carboxylic acids is 1. The van der Waals surface area contributed by atoms with E-state index in [4.69, 9.17) is 10.8 Å². The van der Waals surface area contributed by atoms with Crippen molar-refractivity contribution in [3.63, 3.8) is 0 Å². The van der Waals surface area contributed by atoms with E-state index in [1.807, 2.05) is 7.05 Å². The van der Waals surface area contributed by atoms with Gasteiger partial charge in [0.15, 0.2) is 0 Å². The first-order chi connectivity index (χ1) is 8.50. The van der Waals surface area contributed by atoms with Crippen molar-refractivity contribution in [2.24, 2.45) is 12.8 Å². The van der Waals surface area contributed by atoms with E-state index in [1.165, 1.54) is 0 Å². The van der Waals surface area contributed by atoms with Gasteiger partial charge in [-0.1, -0.05) is 0 Å². The van der Waals surface area contributed by atoms with E-state index in [0.717, 1.165) is 5.82 Å². The average molecular weight is 255 g/mol. The molecule has 0 saturated carbocycles. The summed E-state index contributed by atoms with van der Waals surface area (Å²) in [4.78, 5) is 21.8. The van der Waals surface area contributed by atoms with Crippen LogP contribution in [0.5, 0.6) is 0 Å². The van der Waals surface area contributed by atoms with Gasteiger partial charge in [-0.25, -0.2) is 0 Å². The minimum atomic E-state index is -0.961. The first kappa shape index (κ1) is 14.1. The first-order valence-corrected chi connectivity index (χ1v) is 5.58. The van der Waals surface area contributed by atoms with Gasteiger partial charge in [0.1, 0.15) is 12.2 Å². The number of hydrogen-bond acceptors (Lipinski definition) is 5. The lowest BCUT2D eigenvalue weighted by molar-refractivity contribution is -0.137. The van der Waals surface area contributed by atoms with Gasteiger partial charge < -0.3 is 20.7 Å². The number of hydrogen-bond donors (Lipinski definition) is 3. The van der Waals surface area contributed by atoms with Crippen LogP contribution in [-0.4, -0.2) is 44.3 Å². The fourth-order valence-electron chi connectivity index (χ4n) is 1.37. The molecule has 0 aliphatic rings. The van der Waals surface area contributed by atoms with Gasteiger partial charge >= 0.3 is 5.97 Å². The minimum absolute atomic E-state index is 0.113. The molecule has 1 aromatic heterocycles. The molecule has 8 heteroatoms. The molecule has 0 radical (unpaired) electrons. The zero-order valence-corrected chi connectivity index (χ0v) is 10.2. The Bertz CT molecular complexity index is 417. The third-order valence-electron chi connectivity index (χ3n) is 2.46. The number of carbonyl (C=O) groups is 2. The van der Waals surface area contributed by atoms with Crippen molar-refractivity contribution in [3.8, 4) is 0 Å². The molecule has 1 aromatic rings. The van der Waals surface area contributed by atoms with Crippen molar-refractivity contribution in [1.29, 1.82) is 0 Å². The Kier molecular flexibility index (Phi) is 5.25. The third kappa shape index (κ3) is 4.50. The predicted molar refractivity (Wildman–Crippen MR) is 62.6 cm³/mol. The van der Waals surface area contributed by atoms with Crippen LogP contribution in [0.15, 0.2) is 6.33 Å². The molecule has 1 atom stereocenters. The van der Waals surface area contributed by atoms with Crippen LogP contribution in [0.1, 0.15) is 18.7 Å². The number of amides is 1. The second-order valence-corrected chi connectivity index (χ2v) is 3.94. The monoisotopic (exact) mass is 255 g/mol. The van der Waals surface area contributed by atoms with Gasteiger partial charge in [0.25, 0.3) is 0 Å². The molecule has 0 aliphatic heterocycles. The Morgan fingerprint density at radius 2 is 2.33 bits per heavy atom. The highest BCUT2D eigenvalue weighted by molar-refractivity contribution is 5.82. The number of rotatable bonds is 7. The molecule has 0 aliphatic carbocycles. The molecular weight excluding hydrogens is 238 g/mol. The van der Waals surface area contributed by atoms with E-state index in [2.05, 4.69) is 15.5 Å². The van der Waals surface area contributed by atoms with Crippen molar-refractivity contribution in [1.82, 2.24) is 20.1 Å². The summed E-state index contributed by atoms with van der Waals surface area (Å²) >= 11 is 0. The molecular formula is C10H17N5O3. The van der Waals surface area contributed by atoms with Crippen LogP contribution in [0.25, 0.3) is 0 Å². The van der Waals surface area contributed by atoms with Crippen LogP contribution < -0.4 is 11.1 Å². The second-order valence-electron chi connectivity index (χ2n) is 3.94. The maximum atomic E-state index is 11.5. The van der Waals surface area contributed by atoms with Gasteiger partial charge in [-0.2, -0.15) is 0 Å². The predicted octanol–water partition coefficient (Wildman–Crippen LogP) is -1.33. The summed E-state index contributed by atoms with van der Waals surface area (Å²) in [5, 5.41) is 18.7. The highest BCUT2D eigenvalue weighted by Gasteiger charge is 2.14. The number of carbonyl (C=O) groups excluding carboxylic acids is 1. The maximum absolute atomic E-state index is 11.5. The number of aryl methyl sites for hydroxylation is 1. The summed E-state index contributed by atoms with van der Waals surface area (Å²) in [6.45, 7) is 0.395. The Morgan fingerprint density at radius 3 is 2.89 bits per heavy atom. The van der Waals surface area contributed by atoms with E-state index in [1.54, 1.807) is 10.9 Å². The van der Waals surface area contributed by atoms with Gasteiger partial charge in [0.05, 0.1) is 6.04 Å². The zero-order chi connectivity index (χ0) is 13.5. The molecule has 0 spiro atoms. The highest BCUT2D eigenvalue weighted by atomic mass is 16.4. The van der Waals surface area contributed by atoms with Crippen molar-refractivity contribution >= 4 is 11.9 Å². The summed E-state index contributed by atoms with van der Waals surface area (Å²) < 4.78 is 1.76. The molecule has 0 fully saturated rings. The summed E-state index contributed by atoms with van der Waals surface area (Å²) in [5.41, 5.74) is 5.55. The SMILES string of the molecule is Cn1cnnc1CCNC(=O)C(N)CCC(=O)O. The molecule has 0 aromatic carbocycles. The summed E-state index contributed by atoms with van der Waals surface area (Å²) in [6.07, 6.45) is 2.15. The Labute approximate surface area is 104 Å². The van der Waals surface area contributed by atoms with E-state index < -0.39 is 12.0 Å². The van der Waals surface area contributed by atoms with Crippen LogP contribution in [0.4, 0.5) is 0 Å². The number of carboxylic acid groups (broad SMARTS) is 1. The van der Waals surface area contributed by atoms with E-state index in [0.29, 0.717) is 13.0 Å². The van der Waals surface area contributed by atoms with Crippen LogP contribution in [-0.2, 0) is 23.1 Å². The summed E-state index contributed by atoms with van der Waals surface area (Å²) in [6, 6.07) is -0.791. The molecule has 1 rings (SSSR count). The molecule has 1 heterocycles. The average Bonchev–Trinajstić information content (AvgIpc) is 2.72. The van der Waals surface area contributed by atoms with Crippen LogP contribution in [0.3, 0.4) is 0 Å². The maximum Gasteiger partial charge on any atom is 0.303 e. The van der Waals surface area contributed by atoms with Crippen molar-refractivity contribution in [3.05, 3.63) is 12.2 Å². The molecule has 0 saturated heterocycles. The molecule has 1 amide bonds. The third-order valence-corrected chi connectivity index (χ3v) is 2.46. The standard InChI is InChI=1S/C10H17N5O3/c1-15-6-13-14-8(15)4-5-12-10(18)7(11)2-3-9(16)17/h6-7H,2-5,11H2,1H3,(H,12,18)(H,16,17). The Hall–Kier alpha value is -1.96. The van der Waals surface area contributed by atoms with Gasteiger partial charge in [-0.3, -0.25) is 9.59 Å². The van der Waals surface area contributed by atoms with E-state index in [9.17, 15) is 9.59 Å². The first-order valence-electron chi connectivity index (χ1n) is 5.58. The molecule has 1 unspecified atom stereocenters. The molecule has 18 heavy (non-hydrogen) atoms. The molecule has 0 bridgehead atoms. The van der Waals surface area contributed by atoms with Crippen molar-refractivity contribution < 1.29 is 14.7 Å². The topological polar surface area (TPSA) is 123 Å². The van der Waals surface area contributed by atoms with Gasteiger partial charge in [-0.15, -0.1) is 10.2 Å². The number of aliphatic carboxylic acids is 1. The van der Waals surface area contributed by atoms with Crippen LogP contribution in [0, 0.1) is 0 Å². The number of aromatic nitrogens is 3. The summed E-state index contributed by atoms with van der Waals surface area (Å²) in [5.74, 6) is -0.551. The normalized spacial score (nSPS) is 12.1. The fourth-order valence-corrected chi connectivity index (χ4v) is 1.37. The van der Waals surface area contributed by atoms with Crippen LogP contribution in [0.2, 0.25) is 0 Å². The quantitative estimate of drug-likeness (QED) is 0.554. The fraction of sp³-hybridized carbons (Fsp3) is 0.600. The van der Waals surface area contributed by atoms with E-state index >= 15 is 0 Å². The lowest BCUT2D eigenvalue weighted by atomic mass is 10.1. The van der Waals surface area contributed by atoms with Crippen molar-refractivity contribution in [2.45, 2.75) is 25.3 Å². The lowest BCUT2D eigenvalue weighted by Gasteiger charge is -2.10. The zero-order valence-electron chi connectivity index (χ0n) is 10.2. The number of nitrogens with two attached hydrogens (primary N) is 1. The molecule has 100 valence electrons. The highest BCUT2D eigenvalue weighted by Crippen LogP contribution is 1.95. The summed E-state index contributed by atoms with van der Waals surface area (Å²) in [7, 11) is 1.82. The van der Waals surface area contributed by atoms with E-state index in [-0.39, 0.29) is 18.7 Å². The van der Waals surface area contributed by atoms with Gasteiger partial charge in [0.2, 0.25) is 5.91 Å². The second kappa shape index (κ2) is 6.70. The van der Waals surface area contributed by atoms with Crippen LogP contribution >= 0.6 is 0 Å². The van der Waals surface area contributed by atoms with Crippen molar-refractivity contribution in [2.75, 3.05) is 6.54 Å². The smallest absolute Gasteiger partial charge is 0.303 e. The number of nitrogens with zero attached hydrogens (tertiary/aromatic N) is 3. The van der Waals surface area contributed by atoms with Gasteiger partial charge in [0, 0.05) is 26.4 Å². The lowest BCUT2D eigenvalue weighted by Crippen LogP contribution is -2.41. The number of nitrogens with one attached hydrogen (secondary N) is 1. The minimum Gasteiger partial charge on any atom is -0.481 e. The molecule has 8 nitrogen and oxygen atoms in total. The largest absolute Gasteiger partial charge is 0.481 e. The van der Waals surface area contributed by atoms with Gasteiger partial charge in [-0.05, 0) is 6.42 Å². The molecule has 4 N–H and O–H groups in total. The Morgan fingerprint density at radius 1 is 1.61 bits per heavy atom.